The van der Waals surface area contributed by atoms with E-state index in [1.54, 1.807) is 14.2 Å². The van der Waals surface area contributed by atoms with Crippen LogP contribution in [0.3, 0.4) is 0 Å². The van der Waals surface area contributed by atoms with Crippen molar-refractivity contribution < 1.29 is 19.3 Å². The quantitative estimate of drug-likeness (QED) is 0.655. The largest absolute Gasteiger partial charge is 0.396 e. The van der Waals surface area contributed by atoms with Gasteiger partial charge in [-0.25, -0.2) is 0 Å². The second-order valence-electron chi connectivity index (χ2n) is 2.97. The Morgan fingerprint density at radius 3 is 2.75 bits per heavy atom. The first-order chi connectivity index (χ1) is 5.81. The van der Waals surface area contributed by atoms with Crippen LogP contribution in [-0.2, 0) is 14.2 Å². The molecule has 0 unspecified atom stereocenters. The van der Waals surface area contributed by atoms with Gasteiger partial charge in [0.25, 0.3) is 0 Å². The fourth-order valence-electron chi connectivity index (χ4n) is 1.44. The molecule has 0 aliphatic carbocycles. The molecule has 1 aliphatic heterocycles. The summed E-state index contributed by atoms with van der Waals surface area (Å²) in [5.41, 5.74) is 0. The summed E-state index contributed by atoms with van der Waals surface area (Å²) >= 11 is 0. The molecule has 3 atom stereocenters. The van der Waals surface area contributed by atoms with Crippen molar-refractivity contribution in [3.8, 4) is 0 Å². The van der Waals surface area contributed by atoms with Gasteiger partial charge in [0.15, 0.2) is 6.29 Å². The standard InChI is InChI=1S/C8H16O4/c1-10-5-7-6(4-9)3-8(11-2)12-7/h6-9H,3-5H2,1-2H3/t6-,7-,8+/m1/s1. The first-order valence-electron chi connectivity index (χ1n) is 4.09. The Bertz CT molecular complexity index is 128. The summed E-state index contributed by atoms with van der Waals surface area (Å²) in [6.45, 7) is 0.652. The third-order valence-corrected chi connectivity index (χ3v) is 2.18. The van der Waals surface area contributed by atoms with E-state index in [0.29, 0.717) is 6.61 Å². The van der Waals surface area contributed by atoms with Crippen molar-refractivity contribution in [2.24, 2.45) is 5.92 Å². The van der Waals surface area contributed by atoms with E-state index in [1.165, 1.54) is 0 Å². The molecule has 1 heterocycles. The van der Waals surface area contributed by atoms with Crippen molar-refractivity contribution in [2.45, 2.75) is 18.8 Å². The molecule has 0 bridgehead atoms. The Labute approximate surface area is 72.4 Å². The zero-order chi connectivity index (χ0) is 8.97. The Hall–Kier alpha value is -0.160. The number of aliphatic hydroxyl groups excluding tert-OH is 1. The molecule has 1 N–H and O–H groups in total. The summed E-state index contributed by atoms with van der Waals surface area (Å²) in [4.78, 5) is 0. The number of hydrogen-bond donors (Lipinski definition) is 1. The van der Waals surface area contributed by atoms with Crippen LogP contribution in [0.1, 0.15) is 6.42 Å². The fraction of sp³-hybridized carbons (Fsp3) is 1.00. The van der Waals surface area contributed by atoms with Crippen molar-refractivity contribution >= 4 is 0 Å². The fourth-order valence-corrected chi connectivity index (χ4v) is 1.44. The molecular formula is C8H16O4. The van der Waals surface area contributed by atoms with Crippen molar-refractivity contribution in [2.75, 3.05) is 27.4 Å². The monoisotopic (exact) mass is 176 g/mol. The van der Waals surface area contributed by atoms with Gasteiger partial charge < -0.3 is 19.3 Å². The number of ether oxygens (including phenoxy) is 3. The van der Waals surface area contributed by atoms with Crippen LogP contribution in [-0.4, -0.2) is 44.9 Å². The van der Waals surface area contributed by atoms with Crippen LogP contribution in [0, 0.1) is 5.92 Å². The van der Waals surface area contributed by atoms with E-state index >= 15 is 0 Å². The summed E-state index contributed by atoms with van der Waals surface area (Å²) in [5, 5.41) is 8.99. The molecule has 4 nitrogen and oxygen atoms in total. The third kappa shape index (κ3) is 2.17. The lowest BCUT2D eigenvalue weighted by Gasteiger charge is -2.14. The highest BCUT2D eigenvalue weighted by atomic mass is 16.7. The maximum absolute atomic E-state index is 8.99. The molecule has 72 valence electrons. The molecule has 0 spiro atoms. The van der Waals surface area contributed by atoms with Crippen LogP contribution in [0.25, 0.3) is 0 Å². The molecule has 0 aromatic rings. The van der Waals surface area contributed by atoms with Crippen LogP contribution >= 0.6 is 0 Å². The van der Waals surface area contributed by atoms with Gasteiger partial charge in [0.2, 0.25) is 0 Å². The predicted molar refractivity (Wildman–Crippen MR) is 42.7 cm³/mol. The predicted octanol–water partition coefficient (Wildman–Crippen LogP) is 0.00270. The molecule has 12 heavy (non-hydrogen) atoms. The third-order valence-electron chi connectivity index (χ3n) is 2.18. The van der Waals surface area contributed by atoms with Crippen molar-refractivity contribution in [3.05, 3.63) is 0 Å². The highest BCUT2D eigenvalue weighted by Gasteiger charge is 2.34. The lowest BCUT2D eigenvalue weighted by atomic mass is 10.0. The molecular weight excluding hydrogens is 160 g/mol. The molecule has 0 radical (unpaired) electrons. The summed E-state index contributed by atoms with van der Waals surface area (Å²) in [6, 6.07) is 0. The van der Waals surface area contributed by atoms with E-state index in [4.69, 9.17) is 19.3 Å². The van der Waals surface area contributed by atoms with Gasteiger partial charge in [0.1, 0.15) is 0 Å². The summed E-state index contributed by atoms with van der Waals surface area (Å²) in [6.07, 6.45) is 0.549. The van der Waals surface area contributed by atoms with Gasteiger partial charge >= 0.3 is 0 Å². The maximum Gasteiger partial charge on any atom is 0.158 e. The Morgan fingerprint density at radius 2 is 2.25 bits per heavy atom. The van der Waals surface area contributed by atoms with Crippen molar-refractivity contribution in [1.29, 1.82) is 0 Å². The molecule has 1 aliphatic rings. The first kappa shape index (κ1) is 9.92. The van der Waals surface area contributed by atoms with Gasteiger partial charge in [-0.1, -0.05) is 0 Å². The molecule has 0 amide bonds. The summed E-state index contributed by atoms with van der Waals surface area (Å²) in [7, 11) is 3.23. The van der Waals surface area contributed by atoms with Crippen molar-refractivity contribution in [1.82, 2.24) is 0 Å². The minimum Gasteiger partial charge on any atom is -0.396 e. The van der Waals surface area contributed by atoms with Crippen LogP contribution in [0.15, 0.2) is 0 Å². The van der Waals surface area contributed by atoms with Crippen LogP contribution in [0.5, 0.6) is 0 Å². The normalized spacial score (nSPS) is 35.8. The molecule has 0 aromatic heterocycles. The van der Waals surface area contributed by atoms with Crippen molar-refractivity contribution in [3.63, 3.8) is 0 Å². The van der Waals surface area contributed by atoms with E-state index in [2.05, 4.69) is 0 Å². The van der Waals surface area contributed by atoms with Gasteiger partial charge in [0, 0.05) is 33.2 Å². The van der Waals surface area contributed by atoms with E-state index in [1.807, 2.05) is 0 Å². The zero-order valence-corrected chi connectivity index (χ0v) is 7.53. The number of methoxy groups -OCH3 is 2. The lowest BCUT2D eigenvalue weighted by Crippen LogP contribution is -2.24. The second kappa shape index (κ2) is 4.77. The van der Waals surface area contributed by atoms with Crippen LogP contribution in [0.4, 0.5) is 0 Å². The van der Waals surface area contributed by atoms with Crippen LogP contribution in [0.2, 0.25) is 0 Å². The average Bonchev–Trinajstić information content (AvgIpc) is 2.48. The van der Waals surface area contributed by atoms with E-state index < -0.39 is 0 Å². The average molecular weight is 176 g/mol. The summed E-state index contributed by atoms with van der Waals surface area (Å²) < 4.78 is 15.4. The summed E-state index contributed by atoms with van der Waals surface area (Å²) in [5.74, 6) is 0.148. The van der Waals surface area contributed by atoms with Gasteiger partial charge in [-0.3, -0.25) is 0 Å². The molecule has 1 saturated heterocycles. The van der Waals surface area contributed by atoms with E-state index in [-0.39, 0.29) is 24.9 Å². The number of aliphatic hydroxyl groups is 1. The smallest absolute Gasteiger partial charge is 0.158 e. The van der Waals surface area contributed by atoms with Crippen LogP contribution < -0.4 is 0 Å². The van der Waals surface area contributed by atoms with Gasteiger partial charge in [-0.05, 0) is 0 Å². The molecule has 1 fully saturated rings. The molecule has 0 aromatic carbocycles. The van der Waals surface area contributed by atoms with E-state index in [0.717, 1.165) is 6.42 Å². The first-order valence-corrected chi connectivity index (χ1v) is 4.09. The minimum atomic E-state index is -0.178. The van der Waals surface area contributed by atoms with Gasteiger partial charge in [0.05, 0.1) is 12.7 Å². The molecule has 1 rings (SSSR count). The zero-order valence-electron chi connectivity index (χ0n) is 7.53. The molecule has 4 heteroatoms. The van der Waals surface area contributed by atoms with E-state index in [9.17, 15) is 0 Å². The highest BCUT2D eigenvalue weighted by molar-refractivity contribution is 4.77. The number of rotatable bonds is 4. The maximum atomic E-state index is 8.99. The SMILES string of the molecule is COC[C@H]1O[C@H](OC)C[C@@H]1CO. The Kier molecular flexibility index (Phi) is 3.94. The van der Waals surface area contributed by atoms with Gasteiger partial charge in [-0.2, -0.15) is 0 Å². The minimum absolute atomic E-state index is 0.0232. The Balaban J connectivity index is 2.39. The molecule has 0 saturated carbocycles. The topological polar surface area (TPSA) is 47.9 Å². The lowest BCUT2D eigenvalue weighted by molar-refractivity contribution is -0.128. The second-order valence-corrected chi connectivity index (χ2v) is 2.97. The Morgan fingerprint density at radius 1 is 1.50 bits per heavy atom. The highest BCUT2D eigenvalue weighted by Crippen LogP contribution is 2.26. The number of hydrogen-bond acceptors (Lipinski definition) is 4. The van der Waals surface area contributed by atoms with Gasteiger partial charge in [-0.15, -0.1) is 0 Å².